The molecule has 0 bridgehead atoms. The highest BCUT2D eigenvalue weighted by Gasteiger charge is 2.61. The molecular weight excluding hydrogens is 583 g/mol. The molecule has 5 atom stereocenters. The topological polar surface area (TPSA) is 174 Å². The van der Waals surface area contributed by atoms with E-state index in [1.807, 2.05) is 0 Å². The van der Waals surface area contributed by atoms with E-state index in [-0.39, 0.29) is 18.1 Å². The Kier molecular flexibility index (Phi) is 11.1. The molecule has 1 saturated heterocycles. The number of amides is 1. The maximum absolute atomic E-state index is 15.1. The van der Waals surface area contributed by atoms with Crippen LogP contribution in [0.1, 0.15) is 27.0 Å². The van der Waals surface area contributed by atoms with Crippen LogP contribution >= 0.6 is 8.09 Å². The van der Waals surface area contributed by atoms with Crippen molar-refractivity contribution in [2.24, 2.45) is 0 Å². The Labute approximate surface area is 241 Å². The van der Waals surface area contributed by atoms with E-state index in [2.05, 4.69) is 15.4 Å². The molecule has 2 heterocycles. The van der Waals surface area contributed by atoms with Crippen molar-refractivity contribution in [1.82, 2.24) is 19.5 Å². The molecule has 4 N–H and O–H groups in total. The molecule has 0 aliphatic carbocycles. The number of benzene rings is 1. The number of aliphatic hydroxyl groups excluding tert-OH is 1. The smallest absolute Gasteiger partial charge is 0.462 e. The van der Waals surface area contributed by atoms with Crippen LogP contribution < -0.4 is 20.6 Å². The first-order valence-electron chi connectivity index (χ1n) is 12.9. The van der Waals surface area contributed by atoms with Gasteiger partial charge in [0.05, 0.1) is 12.6 Å². The number of hydrogen-bond donors (Lipinski definition) is 4. The molecular formula is C25H35F2N5O9P+. The van der Waals surface area contributed by atoms with E-state index in [1.54, 1.807) is 51.0 Å². The molecule has 3 rings (SSSR count). The van der Waals surface area contributed by atoms with Gasteiger partial charge in [0.1, 0.15) is 24.6 Å². The molecule has 0 saturated carbocycles. The molecule has 1 aromatic carbocycles. The summed E-state index contributed by atoms with van der Waals surface area (Å²) in [5.74, 6) is -5.23. The van der Waals surface area contributed by atoms with Crippen molar-refractivity contribution in [3.05, 3.63) is 53.1 Å². The number of para-hydroxylation sites is 1. The zero-order chi connectivity index (χ0) is 31.2. The van der Waals surface area contributed by atoms with Crippen LogP contribution in [-0.2, 0) is 23.6 Å². The van der Waals surface area contributed by atoms with E-state index in [0.29, 0.717) is 4.57 Å². The molecule has 17 heteroatoms. The summed E-state index contributed by atoms with van der Waals surface area (Å²) >= 11 is 0. The maximum atomic E-state index is 15.1. The average molecular weight is 619 g/mol. The number of ether oxygens (including phenoxy) is 2. The van der Waals surface area contributed by atoms with Gasteiger partial charge in [0.2, 0.25) is 12.1 Å². The summed E-state index contributed by atoms with van der Waals surface area (Å²) in [6, 6.07) is 7.87. The lowest BCUT2D eigenvalue weighted by Gasteiger charge is -2.22. The number of anilines is 1. The SMILES string of the molecule is CC(C)OC(=O)[C@H](C)N[P+](O)(OC[C@H]1OC(n2ccc(NC(=O)CN(C)C)nc2=O)C(F)(F)[C@@H]1O)Oc1ccccc1. The summed E-state index contributed by atoms with van der Waals surface area (Å²) in [6.07, 6.45) is -6.02. The van der Waals surface area contributed by atoms with Gasteiger partial charge in [0, 0.05) is 6.20 Å². The highest BCUT2D eigenvalue weighted by molar-refractivity contribution is 7.58. The summed E-state index contributed by atoms with van der Waals surface area (Å²) in [5, 5.41) is 15.3. The van der Waals surface area contributed by atoms with E-state index >= 15 is 8.78 Å². The minimum absolute atomic E-state index is 0.00201. The second-order valence-corrected chi connectivity index (χ2v) is 11.7. The lowest BCUT2D eigenvalue weighted by molar-refractivity contribution is -0.149. The fourth-order valence-corrected chi connectivity index (χ4v) is 5.29. The zero-order valence-corrected chi connectivity index (χ0v) is 24.5. The van der Waals surface area contributed by atoms with Crippen LogP contribution in [0.2, 0.25) is 0 Å². The summed E-state index contributed by atoms with van der Waals surface area (Å²) in [6.45, 7) is 3.81. The number of likely N-dealkylation sites (N-methyl/N-ethyl adjacent to an activating group) is 1. The Morgan fingerprint density at radius 2 is 1.88 bits per heavy atom. The van der Waals surface area contributed by atoms with Gasteiger partial charge in [0.15, 0.2) is 11.9 Å². The Balaban J connectivity index is 1.76. The third-order valence-electron chi connectivity index (χ3n) is 5.64. The summed E-state index contributed by atoms with van der Waals surface area (Å²) in [4.78, 5) is 53.2. The van der Waals surface area contributed by atoms with Gasteiger partial charge in [-0.15, -0.1) is 0 Å². The van der Waals surface area contributed by atoms with Crippen LogP contribution in [0.15, 0.2) is 47.4 Å². The van der Waals surface area contributed by atoms with Crippen molar-refractivity contribution in [2.75, 3.05) is 32.6 Å². The highest BCUT2D eigenvalue weighted by Crippen LogP contribution is 2.54. The molecule has 1 fully saturated rings. The predicted octanol–water partition coefficient (Wildman–Crippen LogP) is 1.33. The first kappa shape index (κ1) is 33.4. The Morgan fingerprint density at radius 3 is 2.48 bits per heavy atom. The van der Waals surface area contributed by atoms with Crippen molar-refractivity contribution < 1.29 is 46.9 Å². The van der Waals surface area contributed by atoms with Crippen molar-refractivity contribution in [3.63, 3.8) is 0 Å². The van der Waals surface area contributed by atoms with Crippen molar-refractivity contribution in [3.8, 4) is 5.75 Å². The zero-order valence-electron chi connectivity index (χ0n) is 23.6. The average Bonchev–Trinajstić information content (AvgIpc) is 3.10. The van der Waals surface area contributed by atoms with E-state index < -0.39 is 68.8 Å². The quantitative estimate of drug-likeness (QED) is 0.188. The molecule has 0 spiro atoms. The predicted molar refractivity (Wildman–Crippen MR) is 147 cm³/mol. The third kappa shape index (κ3) is 8.70. The molecule has 1 amide bonds. The first-order chi connectivity index (χ1) is 19.6. The second-order valence-electron chi connectivity index (χ2n) is 9.99. The fraction of sp³-hybridized carbons (Fsp3) is 0.520. The molecule has 1 aliphatic heterocycles. The molecule has 2 unspecified atom stereocenters. The number of alkyl halides is 2. The van der Waals surface area contributed by atoms with Gasteiger partial charge < -0.3 is 24.8 Å². The molecule has 2 aromatic rings. The first-order valence-corrected chi connectivity index (χ1v) is 14.4. The number of aliphatic hydroxyl groups is 1. The van der Waals surface area contributed by atoms with Crippen molar-refractivity contribution in [1.29, 1.82) is 0 Å². The molecule has 42 heavy (non-hydrogen) atoms. The van der Waals surface area contributed by atoms with Gasteiger partial charge in [-0.3, -0.25) is 18.7 Å². The molecule has 232 valence electrons. The number of esters is 1. The number of nitrogens with zero attached hydrogens (tertiary/aromatic N) is 3. The Morgan fingerprint density at radius 1 is 1.21 bits per heavy atom. The number of nitrogens with one attached hydrogen (secondary N) is 2. The van der Waals surface area contributed by atoms with Gasteiger partial charge in [-0.05, 0) is 53.1 Å². The third-order valence-corrected chi connectivity index (χ3v) is 7.31. The monoisotopic (exact) mass is 618 g/mol. The van der Waals surface area contributed by atoms with Gasteiger partial charge in [-0.2, -0.15) is 23.2 Å². The van der Waals surface area contributed by atoms with Gasteiger partial charge in [-0.25, -0.2) is 4.79 Å². The number of halogens is 2. The van der Waals surface area contributed by atoms with Crippen LogP contribution in [0.4, 0.5) is 14.6 Å². The Hall–Kier alpha value is -3.11. The normalized spacial score (nSPS) is 22.0. The number of aromatic nitrogens is 2. The number of carbonyl (C=O) groups excluding carboxylic acids is 2. The van der Waals surface area contributed by atoms with Crippen molar-refractivity contribution in [2.45, 2.75) is 57.3 Å². The van der Waals surface area contributed by atoms with E-state index in [9.17, 15) is 24.4 Å². The number of rotatable bonds is 13. The molecule has 14 nitrogen and oxygen atoms in total. The van der Waals surface area contributed by atoms with Gasteiger partial charge in [0.25, 0.3) is 0 Å². The van der Waals surface area contributed by atoms with E-state index in [4.69, 9.17) is 18.5 Å². The van der Waals surface area contributed by atoms with Crippen LogP contribution in [0.3, 0.4) is 0 Å². The minimum Gasteiger partial charge on any atom is -0.462 e. The summed E-state index contributed by atoms with van der Waals surface area (Å²) in [7, 11) is -0.895. The molecule has 0 radical (unpaired) electrons. The summed E-state index contributed by atoms with van der Waals surface area (Å²) in [5.41, 5.74) is -1.17. The number of carbonyl (C=O) groups is 2. The molecule has 1 aliphatic rings. The van der Waals surface area contributed by atoms with E-state index in [0.717, 1.165) is 12.3 Å². The van der Waals surface area contributed by atoms with Gasteiger partial charge in [-0.1, -0.05) is 23.3 Å². The minimum atomic E-state index is -4.21. The van der Waals surface area contributed by atoms with Crippen LogP contribution in [0.5, 0.6) is 5.75 Å². The highest BCUT2D eigenvalue weighted by atomic mass is 31.2. The lowest BCUT2D eigenvalue weighted by Crippen LogP contribution is -2.42. The van der Waals surface area contributed by atoms with Crippen LogP contribution in [0.25, 0.3) is 0 Å². The van der Waals surface area contributed by atoms with Crippen molar-refractivity contribution >= 4 is 25.8 Å². The van der Waals surface area contributed by atoms with Gasteiger partial charge >= 0.3 is 25.7 Å². The molecule has 1 aromatic heterocycles. The summed E-state index contributed by atoms with van der Waals surface area (Å²) < 4.78 is 52.2. The Bertz CT molecular complexity index is 1290. The second kappa shape index (κ2) is 13.9. The number of hydrogen-bond acceptors (Lipinski definition) is 12. The standard InChI is InChI=1S/C25H34F2N5O9P/c1-15(2)39-22(35)16(3)30-42(37,41-17-9-7-6-8-10-17)38-14-18-21(34)25(26,27)23(40-18)32-12-11-19(29-24(32)36)28-20(33)13-31(4)5/h6-12,15-16,18,21,23,30,34,37H,13-14H2,1-5H3/p+1/t16-,18+,21+,23?,42?/m0/s1. The van der Waals surface area contributed by atoms with Crippen LogP contribution in [0, 0.1) is 0 Å². The largest absolute Gasteiger partial charge is 0.544 e. The van der Waals surface area contributed by atoms with E-state index in [1.165, 1.54) is 19.1 Å². The fourth-order valence-electron chi connectivity index (χ4n) is 3.76. The van der Waals surface area contributed by atoms with Crippen LogP contribution in [-0.4, -0.2) is 93.9 Å². The lowest BCUT2D eigenvalue weighted by atomic mass is 10.1. The maximum Gasteiger partial charge on any atom is 0.544 e.